The minimum Gasteiger partial charge on any atom is -0.450 e. The number of rotatable bonds is 6. The first-order valence-electron chi connectivity index (χ1n) is 13.8. The Morgan fingerprint density at radius 1 is 1.12 bits per heavy atom. The summed E-state index contributed by atoms with van der Waals surface area (Å²) in [4.78, 5) is 11.3. The number of allylic oxidation sites excluding steroid dienone is 3. The summed E-state index contributed by atoms with van der Waals surface area (Å²) < 4.78 is 5.39. The summed E-state index contributed by atoms with van der Waals surface area (Å²) in [6.45, 7) is 14.7. The highest BCUT2D eigenvalue weighted by Gasteiger charge is 2.59. The monoisotopic (exact) mass is 474 g/mol. The van der Waals surface area contributed by atoms with E-state index in [1.54, 1.807) is 5.57 Å². The van der Waals surface area contributed by atoms with Crippen molar-refractivity contribution in [3.8, 4) is 0 Å². The molecule has 4 rings (SSSR count). The fourth-order valence-electron chi connectivity index (χ4n) is 9.05. The molecule has 0 heterocycles. The molecule has 0 aromatic heterocycles. The van der Waals surface area contributed by atoms with E-state index in [9.17, 15) is 4.79 Å². The first kappa shape index (κ1) is 25.3. The Hall–Kier alpha value is -0.760. The third-order valence-electron chi connectivity index (χ3n) is 11.0. The zero-order valence-corrected chi connectivity index (χ0v) is 22.7. The molecule has 0 saturated heterocycles. The summed E-state index contributed by atoms with van der Waals surface area (Å²) in [5.41, 5.74) is 1.67. The van der Waals surface area contributed by atoms with E-state index >= 15 is 0 Å². The lowest BCUT2D eigenvalue weighted by molar-refractivity contribution is -0.0541. The van der Waals surface area contributed by atoms with Crippen LogP contribution in [0, 0.1) is 52.3 Å². The normalized spacial score (nSPS) is 42.3. The van der Waals surface area contributed by atoms with E-state index in [0.29, 0.717) is 17.3 Å². The highest BCUT2D eigenvalue weighted by atomic mass is 35.5. The molecule has 0 aliphatic heterocycles. The second-order valence-electron chi connectivity index (χ2n) is 12.8. The number of carbonyl (C=O) groups excluding carboxylic acids is 1. The second kappa shape index (κ2) is 9.71. The maximum Gasteiger partial charge on any atom is 0.404 e. The van der Waals surface area contributed by atoms with E-state index in [2.05, 4.69) is 59.8 Å². The molecular weight excluding hydrogens is 428 g/mol. The van der Waals surface area contributed by atoms with Crippen molar-refractivity contribution in [2.45, 2.75) is 105 Å². The zero-order valence-electron chi connectivity index (χ0n) is 21.9. The van der Waals surface area contributed by atoms with Crippen molar-refractivity contribution >= 4 is 17.0 Å². The van der Waals surface area contributed by atoms with Gasteiger partial charge in [0.1, 0.15) is 6.10 Å². The van der Waals surface area contributed by atoms with Crippen LogP contribution in [0.4, 0.5) is 4.79 Å². The van der Waals surface area contributed by atoms with Crippen LogP contribution >= 0.6 is 11.6 Å². The predicted molar refractivity (Wildman–Crippen MR) is 138 cm³/mol. The molecule has 9 unspecified atom stereocenters. The van der Waals surface area contributed by atoms with Gasteiger partial charge in [0.05, 0.1) is 0 Å². The van der Waals surface area contributed by atoms with Crippen LogP contribution in [-0.4, -0.2) is 11.5 Å². The molecule has 186 valence electrons. The van der Waals surface area contributed by atoms with Crippen molar-refractivity contribution in [3.05, 3.63) is 23.8 Å². The number of fused-ring (bicyclic) bond motifs is 5. The largest absolute Gasteiger partial charge is 0.450 e. The number of hydrogen-bond acceptors (Lipinski definition) is 2. The number of halogens is 1. The topological polar surface area (TPSA) is 26.3 Å². The highest BCUT2D eigenvalue weighted by molar-refractivity contribution is 6.61. The molecule has 4 aliphatic carbocycles. The summed E-state index contributed by atoms with van der Waals surface area (Å²) in [7, 11) is 0. The van der Waals surface area contributed by atoms with Crippen LogP contribution in [0.2, 0.25) is 0 Å². The molecule has 4 aliphatic rings. The lowest BCUT2D eigenvalue weighted by Gasteiger charge is -2.58. The Bertz CT molecular complexity index is 784. The van der Waals surface area contributed by atoms with Gasteiger partial charge >= 0.3 is 5.43 Å². The Kier molecular flexibility index (Phi) is 7.46. The van der Waals surface area contributed by atoms with Gasteiger partial charge in [-0.2, -0.15) is 0 Å². The van der Waals surface area contributed by atoms with Gasteiger partial charge in [0.2, 0.25) is 0 Å². The van der Waals surface area contributed by atoms with E-state index in [-0.39, 0.29) is 11.5 Å². The van der Waals surface area contributed by atoms with Gasteiger partial charge in [0.15, 0.2) is 0 Å². The van der Waals surface area contributed by atoms with Gasteiger partial charge in [-0.05, 0) is 104 Å². The average Bonchev–Trinajstić information content (AvgIpc) is 3.11. The van der Waals surface area contributed by atoms with Crippen LogP contribution in [0.25, 0.3) is 0 Å². The summed E-state index contributed by atoms with van der Waals surface area (Å²) in [6.07, 6.45) is 18.6. The summed E-state index contributed by atoms with van der Waals surface area (Å²) in [5.74, 6) is 5.41. The summed E-state index contributed by atoms with van der Waals surface area (Å²) >= 11 is 5.52. The summed E-state index contributed by atoms with van der Waals surface area (Å²) in [6, 6.07) is 0. The minimum absolute atomic E-state index is 0.0268. The first-order valence-corrected chi connectivity index (χ1v) is 14.2. The molecule has 0 bridgehead atoms. The summed E-state index contributed by atoms with van der Waals surface area (Å²) in [5, 5.41) is 0. The molecule has 33 heavy (non-hydrogen) atoms. The lowest BCUT2D eigenvalue weighted by Crippen LogP contribution is -2.51. The van der Waals surface area contributed by atoms with Crippen molar-refractivity contribution in [2.75, 3.05) is 0 Å². The molecule has 3 fully saturated rings. The SMILES string of the molecule is CCC(/C=C\C(C)C1CCC2C3CC=C4CC(OC(=O)Cl)CCC4(C)C3CCC12C)C(C)C. The van der Waals surface area contributed by atoms with Gasteiger partial charge in [0.25, 0.3) is 0 Å². The third-order valence-corrected chi connectivity index (χ3v) is 11.1. The number of carbonyl (C=O) groups is 1. The maximum absolute atomic E-state index is 11.3. The highest BCUT2D eigenvalue weighted by Crippen LogP contribution is 2.67. The van der Waals surface area contributed by atoms with Gasteiger partial charge < -0.3 is 4.74 Å². The standard InChI is InChI=1S/C30H47ClO2/c1-7-21(19(2)3)9-8-20(4)25-12-13-26-24-11-10-22-18-23(33-28(31)32)14-16-29(22,5)27(24)15-17-30(25,26)6/h8-10,19-21,23-27H,7,11-18H2,1-6H3/b9-8-. The predicted octanol–water partition coefficient (Wildman–Crippen LogP) is 9.18. The smallest absolute Gasteiger partial charge is 0.404 e. The average molecular weight is 475 g/mol. The van der Waals surface area contributed by atoms with Gasteiger partial charge in [-0.25, -0.2) is 4.79 Å². The zero-order chi connectivity index (χ0) is 24.0. The van der Waals surface area contributed by atoms with Gasteiger partial charge in [0, 0.05) is 18.0 Å². The minimum atomic E-state index is -0.648. The Balaban J connectivity index is 1.49. The number of hydrogen-bond donors (Lipinski definition) is 0. The molecule has 2 nitrogen and oxygen atoms in total. The Morgan fingerprint density at radius 2 is 1.88 bits per heavy atom. The number of ether oxygens (including phenoxy) is 1. The molecule has 3 saturated carbocycles. The van der Waals surface area contributed by atoms with Gasteiger partial charge in [-0.15, -0.1) is 0 Å². The molecular formula is C30H47ClO2. The van der Waals surface area contributed by atoms with Crippen LogP contribution < -0.4 is 0 Å². The third kappa shape index (κ3) is 4.60. The fraction of sp³-hybridized carbons (Fsp3) is 0.833. The van der Waals surface area contributed by atoms with Crippen molar-refractivity contribution in [3.63, 3.8) is 0 Å². The molecule has 0 radical (unpaired) electrons. The fourth-order valence-corrected chi connectivity index (χ4v) is 9.17. The van der Waals surface area contributed by atoms with Crippen LogP contribution in [0.3, 0.4) is 0 Å². The van der Waals surface area contributed by atoms with E-state index in [0.717, 1.165) is 48.9 Å². The molecule has 3 heteroatoms. The Morgan fingerprint density at radius 3 is 2.55 bits per heavy atom. The van der Waals surface area contributed by atoms with Crippen LogP contribution in [0.5, 0.6) is 0 Å². The van der Waals surface area contributed by atoms with Crippen molar-refractivity contribution in [2.24, 2.45) is 52.3 Å². The van der Waals surface area contributed by atoms with E-state index in [1.807, 2.05) is 0 Å². The molecule has 0 amide bonds. The molecule has 0 aromatic carbocycles. The van der Waals surface area contributed by atoms with Crippen LogP contribution in [0.1, 0.15) is 99.3 Å². The second-order valence-corrected chi connectivity index (χ2v) is 13.1. The van der Waals surface area contributed by atoms with Crippen molar-refractivity contribution in [1.82, 2.24) is 0 Å². The first-order chi connectivity index (χ1) is 15.6. The van der Waals surface area contributed by atoms with Crippen LogP contribution in [0.15, 0.2) is 23.8 Å². The van der Waals surface area contributed by atoms with Crippen molar-refractivity contribution in [1.29, 1.82) is 0 Å². The van der Waals surface area contributed by atoms with E-state index < -0.39 is 5.43 Å². The lowest BCUT2D eigenvalue weighted by atomic mass is 9.47. The van der Waals surface area contributed by atoms with E-state index in [4.69, 9.17) is 16.3 Å². The molecule has 0 aromatic rings. The quantitative estimate of drug-likeness (QED) is 0.283. The van der Waals surface area contributed by atoms with E-state index in [1.165, 1.54) is 38.5 Å². The maximum atomic E-state index is 11.3. The molecule has 9 atom stereocenters. The van der Waals surface area contributed by atoms with Gasteiger partial charge in [-0.1, -0.05) is 65.3 Å². The molecule has 0 spiro atoms. The van der Waals surface area contributed by atoms with Gasteiger partial charge in [-0.3, -0.25) is 0 Å². The molecule has 0 N–H and O–H groups in total. The Labute approximate surface area is 207 Å². The van der Waals surface area contributed by atoms with Crippen molar-refractivity contribution < 1.29 is 9.53 Å². The van der Waals surface area contributed by atoms with Crippen LogP contribution in [-0.2, 0) is 4.74 Å².